The molecular formula is C12H15BrO. The van der Waals surface area contributed by atoms with Crippen LogP contribution in [0.15, 0.2) is 28.7 Å². The van der Waals surface area contributed by atoms with Crippen LogP contribution in [-0.2, 0) is 0 Å². The Bertz CT molecular complexity index is 305. The smallest absolute Gasteiger partial charge is 0.0829 e. The second-order valence-corrected chi connectivity index (χ2v) is 4.87. The molecule has 0 aromatic heterocycles. The molecule has 0 radical (unpaired) electrons. The molecule has 1 nitrogen and oxygen atoms in total. The minimum absolute atomic E-state index is 0.284. The third kappa shape index (κ3) is 2.01. The van der Waals surface area contributed by atoms with Crippen molar-refractivity contribution in [2.75, 3.05) is 0 Å². The lowest BCUT2D eigenvalue weighted by Crippen LogP contribution is -2.09. The highest BCUT2D eigenvalue weighted by Gasteiger charge is 2.25. The van der Waals surface area contributed by atoms with Crippen molar-refractivity contribution in [1.82, 2.24) is 0 Å². The van der Waals surface area contributed by atoms with E-state index < -0.39 is 0 Å². The maximum absolute atomic E-state index is 10.2. The molecule has 0 aliphatic heterocycles. The van der Waals surface area contributed by atoms with Gasteiger partial charge in [0.2, 0.25) is 0 Å². The standard InChI is InChI=1S/C12H15BrO/c13-11-8-4-3-7-10(11)12(14)9-5-1-2-6-9/h3-4,7-9,12,14H,1-2,5-6H2/t12-/m1/s1. The molecule has 0 amide bonds. The molecule has 1 fully saturated rings. The maximum Gasteiger partial charge on any atom is 0.0829 e. The molecule has 1 aliphatic carbocycles. The first-order valence-corrected chi connectivity index (χ1v) is 6.01. The molecule has 2 heteroatoms. The largest absolute Gasteiger partial charge is 0.388 e. The third-order valence-corrected chi connectivity index (χ3v) is 3.79. The fourth-order valence-corrected chi connectivity index (χ4v) is 2.76. The number of hydrogen-bond acceptors (Lipinski definition) is 1. The van der Waals surface area contributed by atoms with E-state index in [9.17, 15) is 5.11 Å². The molecule has 1 saturated carbocycles. The summed E-state index contributed by atoms with van der Waals surface area (Å²) in [5.41, 5.74) is 1.04. The Labute approximate surface area is 93.3 Å². The van der Waals surface area contributed by atoms with Gasteiger partial charge >= 0.3 is 0 Å². The summed E-state index contributed by atoms with van der Waals surface area (Å²) in [6.07, 6.45) is 4.59. The number of aliphatic hydroxyl groups excluding tert-OH is 1. The molecule has 0 heterocycles. The van der Waals surface area contributed by atoms with Gasteiger partial charge in [-0.2, -0.15) is 0 Å². The van der Waals surface area contributed by atoms with Gasteiger partial charge in [0.05, 0.1) is 6.10 Å². The number of aliphatic hydroxyl groups is 1. The SMILES string of the molecule is O[C@@H](c1ccccc1Br)C1CCCC1. The molecule has 0 spiro atoms. The van der Waals surface area contributed by atoms with Crippen LogP contribution in [0, 0.1) is 5.92 Å². The monoisotopic (exact) mass is 254 g/mol. The normalized spacial score (nSPS) is 19.9. The van der Waals surface area contributed by atoms with Gasteiger partial charge in [0, 0.05) is 4.47 Å². The van der Waals surface area contributed by atoms with Gasteiger partial charge in [0.15, 0.2) is 0 Å². The Balaban J connectivity index is 2.17. The van der Waals surface area contributed by atoms with Crippen LogP contribution in [0.5, 0.6) is 0 Å². The van der Waals surface area contributed by atoms with Gasteiger partial charge in [-0.25, -0.2) is 0 Å². The first-order chi connectivity index (χ1) is 6.79. The number of benzene rings is 1. The highest BCUT2D eigenvalue weighted by molar-refractivity contribution is 9.10. The van der Waals surface area contributed by atoms with E-state index in [1.807, 2.05) is 24.3 Å². The predicted molar refractivity (Wildman–Crippen MR) is 61.1 cm³/mol. The van der Waals surface area contributed by atoms with Crippen LogP contribution in [-0.4, -0.2) is 5.11 Å². The molecule has 2 rings (SSSR count). The molecule has 0 bridgehead atoms. The zero-order chi connectivity index (χ0) is 9.97. The van der Waals surface area contributed by atoms with Crippen LogP contribution in [0.2, 0.25) is 0 Å². The number of rotatable bonds is 2. The first kappa shape index (κ1) is 10.2. The molecule has 1 aromatic carbocycles. The summed E-state index contributed by atoms with van der Waals surface area (Å²) < 4.78 is 1.03. The topological polar surface area (TPSA) is 20.2 Å². The average Bonchev–Trinajstić information content (AvgIpc) is 2.70. The van der Waals surface area contributed by atoms with E-state index in [4.69, 9.17) is 0 Å². The van der Waals surface area contributed by atoms with Gasteiger partial charge in [0.1, 0.15) is 0 Å². The molecule has 0 saturated heterocycles. The zero-order valence-electron chi connectivity index (χ0n) is 8.12. The summed E-state index contributed by atoms with van der Waals surface area (Å²) in [5, 5.41) is 10.2. The molecule has 1 aliphatic rings. The van der Waals surface area contributed by atoms with Gasteiger partial charge < -0.3 is 5.11 Å². The Morgan fingerprint density at radius 1 is 1.21 bits per heavy atom. The lowest BCUT2D eigenvalue weighted by molar-refractivity contribution is 0.111. The Morgan fingerprint density at radius 2 is 1.86 bits per heavy atom. The van der Waals surface area contributed by atoms with Crippen LogP contribution in [0.3, 0.4) is 0 Å². The summed E-state index contributed by atoms with van der Waals surface area (Å²) >= 11 is 3.48. The van der Waals surface area contributed by atoms with Crippen molar-refractivity contribution >= 4 is 15.9 Å². The molecular weight excluding hydrogens is 240 g/mol. The minimum Gasteiger partial charge on any atom is -0.388 e. The summed E-state index contributed by atoms with van der Waals surface area (Å²) in [7, 11) is 0. The second kappa shape index (κ2) is 4.45. The Morgan fingerprint density at radius 3 is 2.50 bits per heavy atom. The minimum atomic E-state index is -0.284. The van der Waals surface area contributed by atoms with Gasteiger partial charge in [-0.3, -0.25) is 0 Å². The number of halogens is 1. The van der Waals surface area contributed by atoms with Crippen molar-refractivity contribution in [3.05, 3.63) is 34.3 Å². The summed E-state index contributed by atoms with van der Waals surface area (Å²) in [6, 6.07) is 7.97. The molecule has 1 N–H and O–H groups in total. The highest BCUT2D eigenvalue weighted by Crippen LogP contribution is 2.37. The van der Waals surface area contributed by atoms with E-state index >= 15 is 0 Å². The highest BCUT2D eigenvalue weighted by atomic mass is 79.9. The predicted octanol–water partition coefficient (Wildman–Crippen LogP) is 3.67. The van der Waals surface area contributed by atoms with Crippen molar-refractivity contribution < 1.29 is 5.11 Å². The van der Waals surface area contributed by atoms with Crippen LogP contribution < -0.4 is 0 Å². The maximum atomic E-state index is 10.2. The van der Waals surface area contributed by atoms with Gasteiger partial charge in [-0.05, 0) is 30.4 Å². The van der Waals surface area contributed by atoms with E-state index in [-0.39, 0.29) is 6.10 Å². The Hall–Kier alpha value is -0.340. The zero-order valence-corrected chi connectivity index (χ0v) is 9.70. The van der Waals surface area contributed by atoms with Crippen molar-refractivity contribution in [2.24, 2.45) is 5.92 Å². The van der Waals surface area contributed by atoms with Crippen LogP contribution in [0.4, 0.5) is 0 Å². The van der Waals surface area contributed by atoms with Crippen molar-refractivity contribution in [3.63, 3.8) is 0 Å². The van der Waals surface area contributed by atoms with Gasteiger partial charge in [-0.1, -0.05) is 47.0 Å². The summed E-state index contributed by atoms with van der Waals surface area (Å²) in [6.45, 7) is 0. The fourth-order valence-electron chi connectivity index (χ4n) is 2.24. The fraction of sp³-hybridized carbons (Fsp3) is 0.500. The molecule has 1 atom stereocenters. The van der Waals surface area contributed by atoms with E-state index in [1.165, 1.54) is 25.7 Å². The van der Waals surface area contributed by atoms with Gasteiger partial charge in [0.25, 0.3) is 0 Å². The van der Waals surface area contributed by atoms with E-state index in [1.54, 1.807) is 0 Å². The van der Waals surface area contributed by atoms with E-state index in [0.717, 1.165) is 10.0 Å². The lowest BCUT2D eigenvalue weighted by Gasteiger charge is -2.19. The van der Waals surface area contributed by atoms with Crippen LogP contribution in [0.25, 0.3) is 0 Å². The quantitative estimate of drug-likeness (QED) is 0.854. The lowest BCUT2D eigenvalue weighted by atomic mass is 9.94. The van der Waals surface area contributed by atoms with E-state index in [2.05, 4.69) is 15.9 Å². The molecule has 1 aromatic rings. The van der Waals surface area contributed by atoms with Crippen molar-refractivity contribution in [3.8, 4) is 0 Å². The van der Waals surface area contributed by atoms with Crippen LogP contribution in [0.1, 0.15) is 37.4 Å². The van der Waals surface area contributed by atoms with Gasteiger partial charge in [-0.15, -0.1) is 0 Å². The molecule has 76 valence electrons. The molecule has 0 unspecified atom stereocenters. The van der Waals surface area contributed by atoms with E-state index in [0.29, 0.717) is 5.92 Å². The molecule has 14 heavy (non-hydrogen) atoms. The second-order valence-electron chi connectivity index (χ2n) is 4.01. The van der Waals surface area contributed by atoms with Crippen LogP contribution >= 0.6 is 15.9 Å². The summed E-state index contributed by atoms with van der Waals surface area (Å²) in [5.74, 6) is 0.466. The number of hydrogen-bond donors (Lipinski definition) is 1. The summed E-state index contributed by atoms with van der Waals surface area (Å²) in [4.78, 5) is 0. The average molecular weight is 255 g/mol. The van der Waals surface area contributed by atoms with Crippen molar-refractivity contribution in [1.29, 1.82) is 0 Å². The Kier molecular flexibility index (Phi) is 3.24. The van der Waals surface area contributed by atoms with Crippen molar-refractivity contribution in [2.45, 2.75) is 31.8 Å². The third-order valence-electron chi connectivity index (χ3n) is 3.07. The first-order valence-electron chi connectivity index (χ1n) is 5.21.